The van der Waals surface area contributed by atoms with Crippen molar-refractivity contribution >= 4 is 34.6 Å². The molecule has 0 saturated carbocycles. The summed E-state index contributed by atoms with van der Waals surface area (Å²) in [6, 6.07) is 18.6. The van der Waals surface area contributed by atoms with Crippen molar-refractivity contribution in [1.29, 1.82) is 5.26 Å². The molecule has 0 spiro atoms. The molecule has 0 fully saturated rings. The van der Waals surface area contributed by atoms with Crippen molar-refractivity contribution in [3.05, 3.63) is 77.6 Å². The maximum atomic E-state index is 14.8. The second-order valence-corrected chi connectivity index (χ2v) is 9.01. The average molecular weight is 473 g/mol. The van der Waals surface area contributed by atoms with Gasteiger partial charge in [0.1, 0.15) is 5.82 Å². The molecule has 4 rings (SSSR count). The molecule has 8 heteroatoms. The molecular formula is C24H16F4N2S2. The lowest BCUT2D eigenvalue weighted by Gasteiger charge is -2.13. The highest BCUT2D eigenvalue weighted by Gasteiger charge is 2.32. The van der Waals surface area contributed by atoms with Crippen LogP contribution in [0.15, 0.2) is 65.6 Å². The van der Waals surface area contributed by atoms with Crippen LogP contribution in [0.1, 0.15) is 11.1 Å². The van der Waals surface area contributed by atoms with Gasteiger partial charge in [-0.1, -0.05) is 12.1 Å². The molecule has 162 valence electrons. The van der Waals surface area contributed by atoms with E-state index in [1.54, 1.807) is 48.7 Å². The van der Waals surface area contributed by atoms with Crippen LogP contribution < -0.4 is 0 Å². The van der Waals surface area contributed by atoms with Crippen LogP contribution in [0.25, 0.3) is 33.3 Å². The van der Waals surface area contributed by atoms with Crippen molar-refractivity contribution in [2.45, 2.75) is 17.3 Å². The van der Waals surface area contributed by atoms with Crippen LogP contribution in [0.2, 0.25) is 0 Å². The Labute approximate surface area is 191 Å². The number of nitriles is 1. The number of benzene rings is 3. The predicted molar refractivity (Wildman–Crippen MR) is 123 cm³/mol. The largest absolute Gasteiger partial charge is 0.462 e. The van der Waals surface area contributed by atoms with Crippen LogP contribution in [0.3, 0.4) is 0 Å². The first-order valence-corrected chi connectivity index (χ1v) is 11.5. The quantitative estimate of drug-likeness (QED) is 0.222. The van der Waals surface area contributed by atoms with E-state index in [2.05, 4.69) is 6.07 Å². The Morgan fingerprint density at radius 3 is 2.31 bits per heavy atom. The minimum Gasteiger partial charge on any atom is -0.276 e. The zero-order chi connectivity index (χ0) is 23.0. The Bertz CT molecular complexity index is 1370. The fourth-order valence-corrected chi connectivity index (χ4v) is 4.78. The molecule has 1 aromatic heterocycles. The van der Waals surface area contributed by atoms with Gasteiger partial charge in [0.05, 0.1) is 34.8 Å². The van der Waals surface area contributed by atoms with E-state index in [4.69, 9.17) is 5.26 Å². The summed E-state index contributed by atoms with van der Waals surface area (Å²) in [6.07, 6.45) is 1.80. The highest BCUT2D eigenvalue weighted by molar-refractivity contribution is 7.99. The summed E-state index contributed by atoms with van der Waals surface area (Å²) in [5.41, 5.74) is -0.868. The van der Waals surface area contributed by atoms with Gasteiger partial charge in [-0.3, -0.25) is 3.97 Å². The van der Waals surface area contributed by atoms with Crippen LogP contribution in [-0.2, 0) is 0 Å². The van der Waals surface area contributed by atoms with E-state index < -0.39 is 11.3 Å². The number of aryl methyl sites for hydroxylation is 1. The lowest BCUT2D eigenvalue weighted by Crippen LogP contribution is -2.06. The molecule has 1 heterocycles. The summed E-state index contributed by atoms with van der Waals surface area (Å²) in [6.45, 7) is 1.87. The van der Waals surface area contributed by atoms with Crippen molar-refractivity contribution in [2.75, 3.05) is 6.26 Å². The minimum absolute atomic E-state index is 0.104. The number of alkyl halides is 3. The molecule has 2 nitrogen and oxygen atoms in total. The predicted octanol–water partition coefficient (Wildman–Crippen LogP) is 8.03. The Morgan fingerprint density at radius 2 is 1.69 bits per heavy atom. The highest BCUT2D eigenvalue weighted by atomic mass is 32.2. The molecule has 3 aromatic carbocycles. The van der Waals surface area contributed by atoms with Gasteiger partial charge in [-0.05, 0) is 78.4 Å². The molecule has 4 aromatic rings. The first-order chi connectivity index (χ1) is 15.2. The van der Waals surface area contributed by atoms with E-state index in [-0.39, 0.29) is 23.2 Å². The first kappa shape index (κ1) is 22.3. The monoisotopic (exact) mass is 472 g/mol. The van der Waals surface area contributed by atoms with E-state index in [9.17, 15) is 17.6 Å². The number of halogens is 4. The van der Waals surface area contributed by atoms with E-state index in [1.165, 1.54) is 23.9 Å². The molecule has 0 amide bonds. The Balaban J connectivity index is 1.90. The average Bonchev–Trinajstić information content (AvgIpc) is 3.09. The first-order valence-electron chi connectivity index (χ1n) is 9.47. The van der Waals surface area contributed by atoms with Crippen LogP contribution in [-0.4, -0.2) is 15.7 Å². The second-order valence-electron chi connectivity index (χ2n) is 7.12. The van der Waals surface area contributed by atoms with Gasteiger partial charge in [0.25, 0.3) is 0 Å². The summed E-state index contributed by atoms with van der Waals surface area (Å²) in [5, 5.41) is 9.64. The molecule has 0 aliphatic rings. The van der Waals surface area contributed by atoms with E-state index in [0.717, 1.165) is 20.7 Å². The van der Waals surface area contributed by atoms with Crippen molar-refractivity contribution < 1.29 is 17.6 Å². The molecule has 0 radical (unpaired) electrons. The van der Waals surface area contributed by atoms with Crippen LogP contribution in [0.5, 0.6) is 0 Å². The lowest BCUT2D eigenvalue weighted by molar-refractivity contribution is -0.0333. The van der Waals surface area contributed by atoms with E-state index >= 15 is 0 Å². The zero-order valence-electron chi connectivity index (χ0n) is 17.0. The fraction of sp³-hybridized carbons (Fsp3) is 0.125. The smallest absolute Gasteiger partial charge is 0.276 e. The maximum Gasteiger partial charge on any atom is 0.462 e. The summed E-state index contributed by atoms with van der Waals surface area (Å²) >= 11 is 1.05. The SMILES string of the molecule is CSc1ccc(-c2cc3cc(-c4ccc(C#N)cc4C)ccc3n2SC(F)(F)F)c(F)c1. The number of hydrogen-bond acceptors (Lipinski definition) is 3. The Kier molecular flexibility index (Phi) is 5.97. The third-order valence-corrected chi connectivity index (χ3v) is 6.58. The fourth-order valence-electron chi connectivity index (χ4n) is 3.63. The van der Waals surface area contributed by atoms with Crippen molar-refractivity contribution in [3.8, 4) is 28.5 Å². The normalized spacial score (nSPS) is 11.7. The zero-order valence-corrected chi connectivity index (χ0v) is 18.6. The van der Waals surface area contributed by atoms with Crippen molar-refractivity contribution in [2.24, 2.45) is 0 Å². The summed E-state index contributed by atoms with van der Waals surface area (Å²) in [4.78, 5) is 0.691. The minimum atomic E-state index is -4.54. The molecule has 0 aliphatic heterocycles. The number of aromatic nitrogens is 1. The van der Waals surface area contributed by atoms with Gasteiger partial charge in [-0.15, -0.1) is 11.8 Å². The van der Waals surface area contributed by atoms with Gasteiger partial charge in [-0.25, -0.2) is 4.39 Å². The van der Waals surface area contributed by atoms with Crippen LogP contribution >= 0.6 is 23.7 Å². The van der Waals surface area contributed by atoms with Gasteiger partial charge in [0.2, 0.25) is 0 Å². The van der Waals surface area contributed by atoms with Crippen LogP contribution in [0.4, 0.5) is 17.6 Å². The van der Waals surface area contributed by atoms with Gasteiger partial charge < -0.3 is 0 Å². The number of hydrogen-bond donors (Lipinski definition) is 0. The highest BCUT2D eigenvalue weighted by Crippen LogP contribution is 2.41. The van der Waals surface area contributed by atoms with E-state index in [0.29, 0.717) is 21.4 Å². The number of rotatable bonds is 4. The van der Waals surface area contributed by atoms with Crippen molar-refractivity contribution in [3.63, 3.8) is 0 Å². The molecule has 0 aliphatic carbocycles. The maximum absolute atomic E-state index is 14.8. The topological polar surface area (TPSA) is 28.7 Å². The third kappa shape index (κ3) is 4.36. The molecular weight excluding hydrogens is 456 g/mol. The van der Waals surface area contributed by atoms with Crippen molar-refractivity contribution in [1.82, 2.24) is 3.97 Å². The van der Waals surface area contributed by atoms with Gasteiger partial charge in [0, 0.05) is 15.8 Å². The molecule has 0 saturated heterocycles. The molecule has 0 atom stereocenters. The summed E-state index contributed by atoms with van der Waals surface area (Å²) < 4.78 is 55.9. The van der Waals surface area contributed by atoms with Crippen LogP contribution in [0, 0.1) is 24.1 Å². The standard InChI is InChI=1S/C24H16F4N2S2/c1-14-9-15(13-29)3-6-19(14)16-4-8-22-17(10-16)11-23(30(22)32-24(26,27)28)20-7-5-18(31-2)12-21(20)25/h3-12H,1-2H3. The number of thioether (sulfide) groups is 1. The number of fused-ring (bicyclic) bond motifs is 1. The third-order valence-electron chi connectivity index (χ3n) is 5.07. The van der Waals surface area contributed by atoms with Gasteiger partial charge in [0.15, 0.2) is 0 Å². The van der Waals surface area contributed by atoms with E-state index in [1.807, 2.05) is 13.0 Å². The number of nitrogens with zero attached hydrogens (tertiary/aromatic N) is 2. The van der Waals surface area contributed by atoms with Gasteiger partial charge in [-0.2, -0.15) is 18.4 Å². The lowest BCUT2D eigenvalue weighted by atomic mass is 9.98. The summed E-state index contributed by atoms with van der Waals surface area (Å²) in [5.74, 6) is -0.577. The molecule has 0 unspecified atom stereocenters. The Hall–Kier alpha value is -2.89. The molecule has 0 N–H and O–H groups in total. The Morgan fingerprint density at radius 1 is 0.938 bits per heavy atom. The second kappa shape index (κ2) is 8.57. The molecule has 0 bridgehead atoms. The summed E-state index contributed by atoms with van der Waals surface area (Å²) in [7, 11) is 0. The molecule has 32 heavy (non-hydrogen) atoms. The van der Waals surface area contributed by atoms with Gasteiger partial charge >= 0.3 is 5.51 Å².